The highest BCUT2D eigenvalue weighted by Crippen LogP contribution is 2.25. The second kappa shape index (κ2) is 8.20. The average molecular weight is 332 g/mol. The number of halogens is 1. The van der Waals surface area contributed by atoms with Gasteiger partial charge in [-0.3, -0.25) is 4.79 Å². The maximum absolute atomic E-state index is 12.0. The minimum absolute atomic E-state index is 0.0828. The van der Waals surface area contributed by atoms with E-state index in [1.54, 1.807) is 11.8 Å². The minimum Gasteiger partial charge on any atom is -0.354 e. The summed E-state index contributed by atoms with van der Waals surface area (Å²) in [7, 11) is 0. The van der Waals surface area contributed by atoms with Crippen LogP contribution in [0.25, 0.3) is 0 Å². The highest BCUT2D eigenvalue weighted by molar-refractivity contribution is 8.00. The number of thioether (sulfide) groups is 2. The van der Waals surface area contributed by atoms with Gasteiger partial charge >= 0.3 is 0 Å². The first kappa shape index (κ1) is 17.7. The van der Waals surface area contributed by atoms with E-state index in [1.165, 1.54) is 0 Å². The molecule has 1 N–H and O–H groups in total. The zero-order chi connectivity index (χ0) is 15.2. The second-order valence-corrected chi connectivity index (χ2v) is 9.24. The quantitative estimate of drug-likeness (QED) is 0.616. The Hall–Kier alpha value is -0.320. The van der Waals surface area contributed by atoms with Crippen LogP contribution in [0.1, 0.15) is 27.7 Å². The van der Waals surface area contributed by atoms with Crippen molar-refractivity contribution in [3.05, 3.63) is 29.3 Å². The lowest BCUT2D eigenvalue weighted by molar-refractivity contribution is -0.120. The van der Waals surface area contributed by atoms with E-state index in [1.807, 2.05) is 43.0 Å². The van der Waals surface area contributed by atoms with Crippen LogP contribution in [-0.2, 0) is 4.79 Å². The van der Waals surface area contributed by atoms with Crippen molar-refractivity contribution >= 4 is 41.0 Å². The molecule has 0 bridgehead atoms. The zero-order valence-corrected chi connectivity index (χ0v) is 14.8. The summed E-state index contributed by atoms with van der Waals surface area (Å²) in [5.41, 5.74) is 0. The SMILES string of the molecule is C[C@@H](Sc1ccc(Cl)cc1)C(=O)NCCSC(C)(C)C. The lowest BCUT2D eigenvalue weighted by Gasteiger charge is -2.18. The molecule has 5 heteroatoms. The molecule has 0 aromatic heterocycles. The van der Waals surface area contributed by atoms with Crippen molar-refractivity contribution in [3.8, 4) is 0 Å². The monoisotopic (exact) mass is 331 g/mol. The van der Waals surface area contributed by atoms with Gasteiger partial charge in [0.25, 0.3) is 0 Å². The van der Waals surface area contributed by atoms with Gasteiger partial charge in [-0.1, -0.05) is 32.4 Å². The Balaban J connectivity index is 2.30. The maximum Gasteiger partial charge on any atom is 0.233 e. The van der Waals surface area contributed by atoms with E-state index in [4.69, 9.17) is 11.6 Å². The fourth-order valence-electron chi connectivity index (χ4n) is 1.45. The van der Waals surface area contributed by atoms with Gasteiger partial charge in [0.05, 0.1) is 5.25 Å². The summed E-state index contributed by atoms with van der Waals surface area (Å²) in [4.78, 5) is 13.0. The molecule has 0 spiro atoms. The number of benzene rings is 1. The van der Waals surface area contributed by atoms with Crippen molar-refractivity contribution in [2.45, 2.75) is 42.6 Å². The van der Waals surface area contributed by atoms with Crippen molar-refractivity contribution in [2.75, 3.05) is 12.3 Å². The van der Waals surface area contributed by atoms with Crippen LogP contribution < -0.4 is 5.32 Å². The molecule has 0 saturated carbocycles. The van der Waals surface area contributed by atoms with Gasteiger partial charge in [0.1, 0.15) is 0 Å². The molecule has 1 aromatic rings. The van der Waals surface area contributed by atoms with Crippen molar-refractivity contribution in [2.24, 2.45) is 0 Å². The summed E-state index contributed by atoms with van der Waals surface area (Å²) in [6.45, 7) is 9.17. The van der Waals surface area contributed by atoms with Crippen LogP contribution in [0.3, 0.4) is 0 Å². The zero-order valence-electron chi connectivity index (χ0n) is 12.4. The summed E-state index contributed by atoms with van der Waals surface area (Å²) >= 11 is 9.24. The maximum atomic E-state index is 12.0. The predicted molar refractivity (Wildman–Crippen MR) is 92.0 cm³/mol. The van der Waals surface area contributed by atoms with Crippen LogP contribution in [-0.4, -0.2) is 28.2 Å². The Kier molecular flexibility index (Phi) is 7.27. The molecular formula is C15H22ClNOS2. The number of amides is 1. The predicted octanol–water partition coefficient (Wildman–Crippen LogP) is 4.47. The third-order valence-electron chi connectivity index (χ3n) is 2.43. The smallest absolute Gasteiger partial charge is 0.233 e. The molecule has 1 aromatic carbocycles. The van der Waals surface area contributed by atoms with Gasteiger partial charge in [0.15, 0.2) is 0 Å². The van der Waals surface area contributed by atoms with Crippen LogP contribution in [0, 0.1) is 0 Å². The first-order valence-electron chi connectivity index (χ1n) is 6.62. The molecule has 0 unspecified atom stereocenters. The first-order chi connectivity index (χ1) is 9.28. The molecule has 0 heterocycles. The Morgan fingerprint density at radius 3 is 2.45 bits per heavy atom. The number of carbonyl (C=O) groups excluding carboxylic acids is 1. The van der Waals surface area contributed by atoms with Gasteiger partial charge in [-0.25, -0.2) is 0 Å². The van der Waals surface area contributed by atoms with Gasteiger partial charge in [0, 0.05) is 27.0 Å². The van der Waals surface area contributed by atoms with E-state index in [0.717, 1.165) is 10.6 Å². The lowest BCUT2D eigenvalue weighted by atomic mass is 10.3. The highest BCUT2D eigenvalue weighted by atomic mass is 35.5. The van der Waals surface area contributed by atoms with Crippen LogP contribution in [0.5, 0.6) is 0 Å². The Morgan fingerprint density at radius 1 is 1.30 bits per heavy atom. The van der Waals surface area contributed by atoms with Crippen molar-refractivity contribution in [3.63, 3.8) is 0 Å². The van der Waals surface area contributed by atoms with Crippen LogP contribution in [0.2, 0.25) is 5.02 Å². The molecule has 1 amide bonds. The van der Waals surface area contributed by atoms with E-state index in [0.29, 0.717) is 11.6 Å². The molecule has 1 rings (SSSR count). The standard InChI is InChI=1S/C15H22ClNOS2/c1-11(20-13-7-5-12(16)6-8-13)14(18)17-9-10-19-15(2,3)4/h5-8,11H,9-10H2,1-4H3,(H,17,18)/t11-/m1/s1. The Labute approximate surface area is 135 Å². The third-order valence-corrected chi connectivity index (χ3v) is 5.07. The lowest BCUT2D eigenvalue weighted by Crippen LogP contribution is -2.33. The number of hydrogen-bond acceptors (Lipinski definition) is 3. The van der Waals surface area contributed by atoms with Gasteiger partial charge in [-0.15, -0.1) is 11.8 Å². The number of nitrogens with one attached hydrogen (secondary N) is 1. The summed E-state index contributed by atoms with van der Waals surface area (Å²) in [5.74, 6) is 1.02. The topological polar surface area (TPSA) is 29.1 Å². The molecule has 2 nitrogen and oxygen atoms in total. The molecule has 112 valence electrons. The van der Waals surface area contributed by atoms with Crippen molar-refractivity contribution in [1.82, 2.24) is 5.32 Å². The molecule has 0 aliphatic carbocycles. The highest BCUT2D eigenvalue weighted by Gasteiger charge is 2.15. The third kappa shape index (κ3) is 7.46. The van der Waals surface area contributed by atoms with Crippen molar-refractivity contribution in [1.29, 1.82) is 0 Å². The summed E-state index contributed by atoms with van der Waals surface area (Å²) in [6.07, 6.45) is 0. The summed E-state index contributed by atoms with van der Waals surface area (Å²) in [5, 5.41) is 3.59. The van der Waals surface area contributed by atoms with Gasteiger partial charge < -0.3 is 5.32 Å². The molecule has 0 saturated heterocycles. The molecule has 1 atom stereocenters. The largest absolute Gasteiger partial charge is 0.354 e. The van der Waals surface area contributed by atoms with Gasteiger partial charge in [0.2, 0.25) is 5.91 Å². The minimum atomic E-state index is -0.101. The van der Waals surface area contributed by atoms with E-state index >= 15 is 0 Å². The fraction of sp³-hybridized carbons (Fsp3) is 0.533. The summed E-state index contributed by atoms with van der Waals surface area (Å²) in [6, 6.07) is 7.56. The van der Waals surface area contributed by atoms with Crippen LogP contribution >= 0.6 is 35.1 Å². The molecule has 0 aliphatic heterocycles. The number of rotatable bonds is 6. The van der Waals surface area contributed by atoms with Crippen LogP contribution in [0.4, 0.5) is 0 Å². The van der Waals surface area contributed by atoms with Gasteiger partial charge in [-0.05, 0) is 31.2 Å². The number of carbonyl (C=O) groups is 1. The average Bonchev–Trinajstić information content (AvgIpc) is 2.36. The van der Waals surface area contributed by atoms with Gasteiger partial charge in [-0.2, -0.15) is 11.8 Å². The van der Waals surface area contributed by atoms with E-state index in [2.05, 4.69) is 26.1 Å². The first-order valence-corrected chi connectivity index (χ1v) is 8.86. The van der Waals surface area contributed by atoms with E-state index < -0.39 is 0 Å². The van der Waals surface area contributed by atoms with Crippen LogP contribution in [0.15, 0.2) is 29.2 Å². The Morgan fingerprint density at radius 2 is 1.90 bits per heavy atom. The Bertz CT molecular complexity index is 428. The molecule has 20 heavy (non-hydrogen) atoms. The normalized spacial score (nSPS) is 13.1. The van der Waals surface area contributed by atoms with E-state index in [9.17, 15) is 4.79 Å². The van der Waals surface area contributed by atoms with E-state index in [-0.39, 0.29) is 15.9 Å². The molecular weight excluding hydrogens is 310 g/mol. The fourth-order valence-corrected chi connectivity index (χ4v) is 3.28. The molecule has 0 radical (unpaired) electrons. The number of hydrogen-bond donors (Lipinski definition) is 1. The molecule has 0 fully saturated rings. The molecule has 0 aliphatic rings. The van der Waals surface area contributed by atoms with Crippen molar-refractivity contribution < 1.29 is 4.79 Å². The second-order valence-electron chi connectivity index (χ2n) is 5.47. The summed E-state index contributed by atoms with van der Waals surface area (Å²) < 4.78 is 0.244.